The van der Waals surface area contributed by atoms with E-state index in [4.69, 9.17) is 5.73 Å². The highest BCUT2D eigenvalue weighted by molar-refractivity contribution is 7.15. The van der Waals surface area contributed by atoms with Gasteiger partial charge in [-0.15, -0.1) is 11.3 Å². The van der Waals surface area contributed by atoms with E-state index in [1.165, 1.54) is 30.6 Å². The predicted octanol–water partition coefficient (Wildman–Crippen LogP) is 1.73. The second kappa shape index (κ2) is 2.74. The van der Waals surface area contributed by atoms with Crippen LogP contribution in [0.2, 0.25) is 0 Å². The number of aromatic nitrogens is 1. The van der Waals surface area contributed by atoms with Gasteiger partial charge in [0.1, 0.15) is 0 Å². The van der Waals surface area contributed by atoms with Crippen molar-refractivity contribution in [1.29, 1.82) is 0 Å². The molecule has 1 aromatic heterocycles. The highest BCUT2D eigenvalue weighted by atomic mass is 32.1. The van der Waals surface area contributed by atoms with Gasteiger partial charge < -0.3 is 10.6 Å². The van der Waals surface area contributed by atoms with Crippen molar-refractivity contribution in [2.45, 2.75) is 36.6 Å². The molecule has 1 heterocycles. The van der Waals surface area contributed by atoms with Crippen LogP contribution in [0.25, 0.3) is 0 Å². The summed E-state index contributed by atoms with van der Waals surface area (Å²) in [5.74, 6) is 0. The van der Waals surface area contributed by atoms with Crippen LogP contribution in [-0.4, -0.2) is 24.6 Å². The largest absolute Gasteiger partial charge is 0.354 e. The van der Waals surface area contributed by atoms with Crippen LogP contribution >= 0.6 is 11.3 Å². The molecule has 0 aromatic carbocycles. The van der Waals surface area contributed by atoms with E-state index in [0.717, 1.165) is 5.13 Å². The number of nitrogens with zero attached hydrogens (tertiary/aromatic N) is 2. The minimum atomic E-state index is 0.114. The lowest BCUT2D eigenvalue weighted by atomic mass is 9.93. The van der Waals surface area contributed by atoms with Gasteiger partial charge in [0.25, 0.3) is 0 Å². The standard InChI is InChI=1S/C11H17N3S/c1-14(2)9-13-7-8(15-9)10(3-4-10)11(12)5-6-11/h7H,3-6,12H2,1-2H3. The zero-order chi connectivity index (χ0) is 10.7. The van der Waals surface area contributed by atoms with Gasteiger partial charge in [-0.2, -0.15) is 0 Å². The maximum absolute atomic E-state index is 6.37. The van der Waals surface area contributed by atoms with Crippen molar-refractivity contribution >= 4 is 16.5 Å². The summed E-state index contributed by atoms with van der Waals surface area (Å²) in [4.78, 5) is 7.93. The molecule has 2 aliphatic carbocycles. The molecule has 4 heteroatoms. The fourth-order valence-corrected chi connectivity index (χ4v) is 3.61. The van der Waals surface area contributed by atoms with Crippen molar-refractivity contribution in [3.8, 4) is 0 Å². The summed E-state index contributed by atoms with van der Waals surface area (Å²) in [6.45, 7) is 0. The molecule has 0 unspecified atom stereocenters. The Morgan fingerprint density at radius 2 is 2.00 bits per heavy atom. The summed E-state index contributed by atoms with van der Waals surface area (Å²) >= 11 is 1.81. The topological polar surface area (TPSA) is 42.2 Å². The Labute approximate surface area is 94.3 Å². The summed E-state index contributed by atoms with van der Waals surface area (Å²) in [7, 11) is 4.08. The predicted molar refractivity (Wildman–Crippen MR) is 63.5 cm³/mol. The lowest BCUT2D eigenvalue weighted by molar-refractivity contribution is 0.510. The van der Waals surface area contributed by atoms with Gasteiger partial charge in [0.2, 0.25) is 0 Å². The third kappa shape index (κ3) is 1.24. The van der Waals surface area contributed by atoms with Crippen molar-refractivity contribution < 1.29 is 0 Å². The molecule has 0 atom stereocenters. The van der Waals surface area contributed by atoms with Crippen LogP contribution < -0.4 is 10.6 Å². The molecule has 0 bridgehead atoms. The summed E-state index contributed by atoms with van der Waals surface area (Å²) in [5.41, 5.74) is 6.79. The van der Waals surface area contributed by atoms with Crippen LogP contribution in [0.4, 0.5) is 5.13 Å². The van der Waals surface area contributed by atoms with E-state index in [-0.39, 0.29) is 5.54 Å². The molecule has 0 spiro atoms. The Bertz CT molecular complexity index is 388. The van der Waals surface area contributed by atoms with Crippen LogP contribution in [0, 0.1) is 0 Å². The molecule has 0 aliphatic heterocycles. The van der Waals surface area contributed by atoms with E-state index < -0.39 is 0 Å². The van der Waals surface area contributed by atoms with Crippen molar-refractivity contribution in [2.24, 2.45) is 5.73 Å². The number of rotatable bonds is 3. The number of thiazole rings is 1. The lowest BCUT2D eigenvalue weighted by Gasteiger charge is -2.20. The van der Waals surface area contributed by atoms with Crippen LogP contribution in [0.3, 0.4) is 0 Å². The van der Waals surface area contributed by atoms with Crippen LogP contribution in [0.1, 0.15) is 30.6 Å². The van der Waals surface area contributed by atoms with Gasteiger partial charge in [0.05, 0.1) is 0 Å². The quantitative estimate of drug-likeness (QED) is 0.848. The van der Waals surface area contributed by atoms with E-state index in [1.54, 1.807) is 0 Å². The number of hydrogen-bond acceptors (Lipinski definition) is 4. The van der Waals surface area contributed by atoms with E-state index in [9.17, 15) is 0 Å². The van der Waals surface area contributed by atoms with Crippen LogP contribution in [0.5, 0.6) is 0 Å². The van der Waals surface area contributed by atoms with Crippen molar-refractivity contribution in [1.82, 2.24) is 4.98 Å². The molecule has 0 radical (unpaired) electrons. The highest BCUT2D eigenvalue weighted by Gasteiger charge is 2.64. The average Bonchev–Trinajstić information content (AvgIpc) is 3.08. The Balaban J connectivity index is 1.93. The van der Waals surface area contributed by atoms with Crippen molar-refractivity contribution in [3.05, 3.63) is 11.1 Å². The Morgan fingerprint density at radius 3 is 2.40 bits per heavy atom. The normalized spacial score (nSPS) is 25.0. The monoisotopic (exact) mass is 223 g/mol. The van der Waals surface area contributed by atoms with Gasteiger partial charge >= 0.3 is 0 Å². The molecule has 0 amide bonds. The summed E-state index contributed by atoms with van der Waals surface area (Å²) in [5, 5.41) is 1.10. The van der Waals surface area contributed by atoms with Gasteiger partial charge in [-0.1, -0.05) is 0 Å². The smallest absolute Gasteiger partial charge is 0.184 e. The van der Waals surface area contributed by atoms with Gasteiger partial charge in [0, 0.05) is 36.1 Å². The number of anilines is 1. The summed E-state index contributed by atoms with van der Waals surface area (Å²) in [6.07, 6.45) is 6.96. The van der Waals surface area contributed by atoms with Crippen molar-refractivity contribution in [2.75, 3.05) is 19.0 Å². The molecule has 3 rings (SSSR count). The SMILES string of the molecule is CN(C)c1ncc(C2(C3(N)CC3)CC2)s1. The first-order chi connectivity index (χ1) is 7.07. The molecular formula is C11H17N3S. The third-order valence-corrected chi connectivity index (χ3v) is 5.21. The Morgan fingerprint density at radius 1 is 1.33 bits per heavy atom. The second-order valence-electron chi connectivity index (χ2n) is 5.14. The van der Waals surface area contributed by atoms with E-state index in [0.29, 0.717) is 5.41 Å². The molecule has 2 N–H and O–H groups in total. The zero-order valence-electron chi connectivity index (χ0n) is 9.29. The minimum absolute atomic E-state index is 0.114. The molecule has 15 heavy (non-hydrogen) atoms. The maximum atomic E-state index is 6.37. The average molecular weight is 223 g/mol. The minimum Gasteiger partial charge on any atom is -0.354 e. The summed E-state index contributed by atoms with van der Waals surface area (Å²) < 4.78 is 0. The molecule has 3 nitrogen and oxygen atoms in total. The summed E-state index contributed by atoms with van der Waals surface area (Å²) in [6, 6.07) is 0. The van der Waals surface area contributed by atoms with Crippen molar-refractivity contribution in [3.63, 3.8) is 0 Å². The molecule has 2 saturated carbocycles. The first kappa shape index (κ1) is 9.60. The van der Waals surface area contributed by atoms with Gasteiger partial charge in [-0.25, -0.2) is 4.98 Å². The third-order valence-electron chi connectivity index (χ3n) is 3.84. The first-order valence-corrected chi connectivity index (χ1v) is 6.32. The molecule has 2 aliphatic rings. The zero-order valence-corrected chi connectivity index (χ0v) is 10.1. The Kier molecular flexibility index (Phi) is 1.75. The van der Waals surface area contributed by atoms with E-state index >= 15 is 0 Å². The van der Waals surface area contributed by atoms with E-state index in [1.807, 2.05) is 31.6 Å². The van der Waals surface area contributed by atoms with Crippen LogP contribution in [-0.2, 0) is 5.41 Å². The highest BCUT2D eigenvalue weighted by Crippen LogP contribution is 2.64. The Hall–Kier alpha value is -0.610. The van der Waals surface area contributed by atoms with Gasteiger partial charge in [-0.3, -0.25) is 0 Å². The lowest BCUT2D eigenvalue weighted by Crippen LogP contribution is -2.36. The molecule has 82 valence electrons. The fraction of sp³-hybridized carbons (Fsp3) is 0.727. The maximum Gasteiger partial charge on any atom is 0.184 e. The van der Waals surface area contributed by atoms with Gasteiger partial charge in [0.15, 0.2) is 5.13 Å². The molecular weight excluding hydrogens is 206 g/mol. The second-order valence-corrected chi connectivity index (χ2v) is 6.15. The molecule has 2 fully saturated rings. The first-order valence-electron chi connectivity index (χ1n) is 5.50. The molecule has 0 saturated heterocycles. The fourth-order valence-electron chi connectivity index (χ4n) is 2.42. The van der Waals surface area contributed by atoms with Gasteiger partial charge in [-0.05, 0) is 25.7 Å². The van der Waals surface area contributed by atoms with E-state index in [2.05, 4.69) is 9.88 Å². The van der Waals surface area contributed by atoms with Crippen LogP contribution in [0.15, 0.2) is 6.20 Å². The number of hydrogen-bond donors (Lipinski definition) is 1. The number of nitrogens with two attached hydrogens (primary N) is 1. The molecule has 1 aromatic rings.